The van der Waals surface area contributed by atoms with Gasteiger partial charge in [0.1, 0.15) is 36.3 Å². The lowest BCUT2D eigenvalue weighted by Crippen LogP contribution is -2.13. The second-order valence-electron chi connectivity index (χ2n) is 7.06. The third-order valence-electron chi connectivity index (χ3n) is 4.64. The highest BCUT2D eigenvalue weighted by Gasteiger charge is 2.13. The Morgan fingerprint density at radius 1 is 0.515 bits per heavy atom. The summed E-state index contributed by atoms with van der Waals surface area (Å²) in [5.74, 6) is -0.0887. The van der Waals surface area contributed by atoms with E-state index in [1.165, 1.54) is 36.4 Å². The van der Waals surface area contributed by atoms with Crippen LogP contribution in [0.2, 0.25) is 0 Å². The summed E-state index contributed by atoms with van der Waals surface area (Å²) < 4.78 is 50.0. The van der Waals surface area contributed by atoms with Crippen molar-refractivity contribution in [3.05, 3.63) is 120 Å². The summed E-state index contributed by atoms with van der Waals surface area (Å²) in [6.07, 6.45) is 0. The van der Waals surface area contributed by atoms with E-state index >= 15 is 0 Å². The molecule has 4 rings (SSSR count). The summed E-state index contributed by atoms with van der Waals surface area (Å²) in [4.78, 5) is 0. The van der Waals surface area contributed by atoms with Gasteiger partial charge in [-0.2, -0.15) is 0 Å². The van der Waals surface area contributed by atoms with Crippen LogP contribution in [-0.2, 0) is 13.2 Å². The monoisotopic (exact) mass is 445 g/mol. The van der Waals surface area contributed by atoms with Gasteiger partial charge in [-0.1, -0.05) is 60.7 Å². The first-order valence-corrected chi connectivity index (χ1v) is 10.2. The molecule has 7 heteroatoms. The van der Waals surface area contributed by atoms with E-state index in [1.54, 1.807) is 0 Å². The van der Waals surface area contributed by atoms with E-state index in [-0.39, 0.29) is 24.7 Å². The van der Waals surface area contributed by atoms with E-state index in [0.29, 0.717) is 11.5 Å². The third kappa shape index (κ3) is 6.49. The Kier molecular flexibility index (Phi) is 7.43. The van der Waals surface area contributed by atoms with E-state index in [9.17, 15) is 8.78 Å². The largest absolute Gasteiger partial charge is 0.658 e. The molecule has 33 heavy (non-hydrogen) atoms. The number of benzene rings is 4. The molecule has 0 saturated carbocycles. The fraction of sp³-hybridized carbons (Fsp3) is 0.0769. The lowest BCUT2D eigenvalue weighted by atomic mass is 10.2. The standard InChI is InChI=1S/C26H20BF2O4/c28-21-11-13-23(30-17-19-7-3-1-4-8-19)25(15-21)32-27-33-26-16-22(29)12-14-24(26)31-18-20-9-5-2-6-10-20/h1-16H,17-18H2. The first-order chi connectivity index (χ1) is 16.2. The van der Waals surface area contributed by atoms with Crippen molar-refractivity contribution >= 4 is 7.69 Å². The Bertz CT molecular complexity index is 1080. The highest BCUT2D eigenvalue weighted by Crippen LogP contribution is 2.31. The second kappa shape index (κ2) is 11.0. The summed E-state index contributed by atoms with van der Waals surface area (Å²) >= 11 is 0. The van der Waals surface area contributed by atoms with E-state index in [0.717, 1.165) is 18.8 Å². The molecule has 4 aromatic rings. The Balaban J connectivity index is 1.39. The molecule has 4 aromatic carbocycles. The lowest BCUT2D eigenvalue weighted by molar-refractivity contribution is 0.287. The van der Waals surface area contributed by atoms with E-state index in [2.05, 4.69) is 0 Å². The van der Waals surface area contributed by atoms with Gasteiger partial charge >= 0.3 is 7.69 Å². The summed E-state index contributed by atoms with van der Waals surface area (Å²) in [5.41, 5.74) is 1.90. The molecule has 1 radical (unpaired) electrons. The van der Waals surface area contributed by atoms with Crippen LogP contribution in [0, 0.1) is 11.6 Å². The number of hydrogen-bond acceptors (Lipinski definition) is 4. The molecule has 0 fully saturated rings. The number of halogens is 2. The zero-order valence-electron chi connectivity index (χ0n) is 17.6. The molecule has 0 aliphatic heterocycles. The van der Waals surface area contributed by atoms with Crippen LogP contribution in [0.3, 0.4) is 0 Å². The van der Waals surface area contributed by atoms with Gasteiger partial charge in [0.05, 0.1) is 0 Å². The van der Waals surface area contributed by atoms with Gasteiger partial charge < -0.3 is 18.8 Å². The molecule has 0 aliphatic rings. The van der Waals surface area contributed by atoms with Crippen molar-refractivity contribution in [3.8, 4) is 23.0 Å². The van der Waals surface area contributed by atoms with E-state index in [1.807, 2.05) is 60.7 Å². The average Bonchev–Trinajstić information content (AvgIpc) is 2.84. The SMILES string of the molecule is Fc1ccc(OCc2ccccc2)c(O[B]Oc2cc(F)ccc2OCc2ccccc2)c1. The Morgan fingerprint density at radius 3 is 1.36 bits per heavy atom. The molecule has 0 bridgehead atoms. The van der Waals surface area contributed by atoms with Gasteiger partial charge in [0.25, 0.3) is 0 Å². The molecule has 0 atom stereocenters. The minimum Gasteiger partial charge on any atom is -0.524 e. The fourth-order valence-corrected chi connectivity index (χ4v) is 2.98. The van der Waals surface area contributed by atoms with Gasteiger partial charge in [0, 0.05) is 12.1 Å². The van der Waals surface area contributed by atoms with Gasteiger partial charge in [-0.3, -0.25) is 0 Å². The molecule has 0 amide bonds. The van der Waals surface area contributed by atoms with Gasteiger partial charge in [0.2, 0.25) is 0 Å². The number of hydrogen-bond donors (Lipinski definition) is 0. The van der Waals surface area contributed by atoms with Crippen molar-refractivity contribution in [2.45, 2.75) is 13.2 Å². The molecule has 0 N–H and O–H groups in total. The van der Waals surface area contributed by atoms with Crippen LogP contribution in [0.25, 0.3) is 0 Å². The Hall–Kier alpha value is -4.00. The second-order valence-corrected chi connectivity index (χ2v) is 7.06. The van der Waals surface area contributed by atoms with Crippen molar-refractivity contribution in [1.29, 1.82) is 0 Å². The van der Waals surface area contributed by atoms with Crippen LogP contribution in [0.4, 0.5) is 8.78 Å². The van der Waals surface area contributed by atoms with Crippen LogP contribution in [0.5, 0.6) is 23.0 Å². The predicted molar refractivity (Wildman–Crippen MR) is 121 cm³/mol. The molecule has 0 aromatic heterocycles. The summed E-state index contributed by atoms with van der Waals surface area (Å²) in [7, 11) is 0.980. The molecule has 4 nitrogen and oxygen atoms in total. The van der Waals surface area contributed by atoms with Crippen molar-refractivity contribution in [2.24, 2.45) is 0 Å². The van der Waals surface area contributed by atoms with Crippen molar-refractivity contribution in [2.75, 3.05) is 0 Å². The summed E-state index contributed by atoms with van der Waals surface area (Å²) in [5, 5.41) is 0. The molecule has 0 unspecified atom stereocenters. The van der Waals surface area contributed by atoms with Crippen LogP contribution in [-0.4, -0.2) is 7.69 Å². The lowest BCUT2D eigenvalue weighted by Gasteiger charge is -2.15. The van der Waals surface area contributed by atoms with Crippen LogP contribution in [0.15, 0.2) is 97.1 Å². The topological polar surface area (TPSA) is 36.9 Å². The zero-order chi connectivity index (χ0) is 22.9. The highest BCUT2D eigenvalue weighted by atomic mass is 19.1. The molecule has 0 heterocycles. The average molecular weight is 445 g/mol. The van der Waals surface area contributed by atoms with E-state index < -0.39 is 11.6 Å². The quantitative estimate of drug-likeness (QED) is 0.276. The zero-order valence-corrected chi connectivity index (χ0v) is 17.6. The Labute approximate surface area is 191 Å². The highest BCUT2D eigenvalue weighted by molar-refractivity contribution is 6.21. The first kappa shape index (κ1) is 22.2. The maximum absolute atomic E-state index is 13.8. The molecule has 165 valence electrons. The van der Waals surface area contributed by atoms with Gasteiger partial charge in [-0.05, 0) is 35.4 Å². The van der Waals surface area contributed by atoms with Crippen molar-refractivity contribution in [3.63, 3.8) is 0 Å². The van der Waals surface area contributed by atoms with E-state index in [4.69, 9.17) is 18.8 Å². The third-order valence-corrected chi connectivity index (χ3v) is 4.64. The summed E-state index contributed by atoms with van der Waals surface area (Å²) in [6, 6.07) is 26.9. The molecule has 0 aliphatic carbocycles. The smallest absolute Gasteiger partial charge is 0.524 e. The normalized spacial score (nSPS) is 10.4. The predicted octanol–water partition coefficient (Wildman–Crippen LogP) is 6.11. The molecule has 0 saturated heterocycles. The first-order valence-electron chi connectivity index (χ1n) is 10.2. The molecular weight excluding hydrogens is 425 g/mol. The fourth-order valence-electron chi connectivity index (χ4n) is 2.98. The minimum atomic E-state index is -0.497. The van der Waals surface area contributed by atoms with Gasteiger partial charge in [-0.15, -0.1) is 0 Å². The van der Waals surface area contributed by atoms with Crippen LogP contribution in [0.1, 0.15) is 11.1 Å². The Morgan fingerprint density at radius 2 is 0.939 bits per heavy atom. The number of ether oxygens (including phenoxy) is 2. The van der Waals surface area contributed by atoms with Gasteiger partial charge in [0.15, 0.2) is 11.5 Å². The van der Waals surface area contributed by atoms with Gasteiger partial charge in [-0.25, -0.2) is 8.78 Å². The van der Waals surface area contributed by atoms with Crippen molar-refractivity contribution < 1.29 is 27.6 Å². The van der Waals surface area contributed by atoms with Crippen LogP contribution >= 0.6 is 0 Å². The maximum atomic E-state index is 13.8. The summed E-state index contributed by atoms with van der Waals surface area (Å²) in [6.45, 7) is 0.566. The maximum Gasteiger partial charge on any atom is 0.658 e. The minimum absolute atomic E-state index is 0.120. The number of rotatable bonds is 10. The van der Waals surface area contributed by atoms with Crippen LogP contribution < -0.4 is 18.8 Å². The molecule has 0 spiro atoms. The van der Waals surface area contributed by atoms with Crippen molar-refractivity contribution in [1.82, 2.24) is 0 Å². The molecular formula is C26H20BF2O4.